The highest BCUT2D eigenvalue weighted by molar-refractivity contribution is 5.84. The van der Waals surface area contributed by atoms with Crippen LogP contribution in [0.4, 0.5) is 0 Å². The number of aliphatic hydroxyl groups excluding tert-OH is 1. The lowest BCUT2D eigenvalue weighted by molar-refractivity contribution is -0.121. The molecule has 1 atom stereocenters. The Hall–Kier alpha value is -2.59. The SMILES string of the molecule is O=C(CCc1c[nH]c2ccccc12)NCCC(O)c1ccccc1. The van der Waals surface area contributed by atoms with Crippen molar-refractivity contribution in [3.05, 3.63) is 71.9 Å². The number of aromatic nitrogens is 1. The van der Waals surface area contributed by atoms with Gasteiger partial charge in [0.15, 0.2) is 0 Å². The molecule has 3 N–H and O–H groups in total. The topological polar surface area (TPSA) is 65.1 Å². The van der Waals surface area contributed by atoms with Gasteiger partial charge in [0.05, 0.1) is 6.10 Å². The van der Waals surface area contributed by atoms with Crippen molar-refractivity contribution in [2.45, 2.75) is 25.4 Å². The van der Waals surface area contributed by atoms with Crippen LogP contribution in [0.1, 0.15) is 30.1 Å². The molecule has 4 heteroatoms. The molecular formula is C20H22N2O2. The van der Waals surface area contributed by atoms with E-state index in [0.717, 1.165) is 16.6 Å². The number of carbonyl (C=O) groups excluding carboxylic acids is 1. The van der Waals surface area contributed by atoms with Gasteiger partial charge in [0.25, 0.3) is 0 Å². The normalized spacial score (nSPS) is 12.2. The number of aromatic amines is 1. The number of benzene rings is 2. The van der Waals surface area contributed by atoms with Crippen LogP contribution >= 0.6 is 0 Å². The summed E-state index contributed by atoms with van der Waals surface area (Å²) in [6, 6.07) is 17.6. The van der Waals surface area contributed by atoms with Crippen LogP contribution in [0.2, 0.25) is 0 Å². The third-order valence-electron chi connectivity index (χ3n) is 4.22. The van der Waals surface area contributed by atoms with Gasteiger partial charge in [-0.15, -0.1) is 0 Å². The van der Waals surface area contributed by atoms with Crippen LogP contribution in [-0.2, 0) is 11.2 Å². The number of H-pyrrole nitrogens is 1. The van der Waals surface area contributed by atoms with Crippen molar-refractivity contribution in [2.75, 3.05) is 6.54 Å². The predicted molar refractivity (Wildman–Crippen MR) is 95.6 cm³/mol. The highest BCUT2D eigenvalue weighted by atomic mass is 16.3. The molecule has 3 aromatic rings. The lowest BCUT2D eigenvalue weighted by atomic mass is 10.1. The molecule has 0 aliphatic carbocycles. The van der Waals surface area contributed by atoms with Crippen LogP contribution < -0.4 is 5.32 Å². The van der Waals surface area contributed by atoms with E-state index >= 15 is 0 Å². The molecule has 0 spiro atoms. The summed E-state index contributed by atoms with van der Waals surface area (Å²) in [7, 11) is 0. The van der Waals surface area contributed by atoms with Crippen LogP contribution in [0, 0.1) is 0 Å². The zero-order valence-electron chi connectivity index (χ0n) is 13.5. The fourth-order valence-electron chi connectivity index (χ4n) is 2.87. The fraction of sp³-hybridized carbons (Fsp3) is 0.250. The van der Waals surface area contributed by atoms with Crippen molar-refractivity contribution in [1.82, 2.24) is 10.3 Å². The highest BCUT2D eigenvalue weighted by Gasteiger charge is 2.09. The summed E-state index contributed by atoms with van der Waals surface area (Å²) in [5.41, 5.74) is 3.13. The van der Waals surface area contributed by atoms with Gasteiger partial charge in [-0.25, -0.2) is 0 Å². The molecule has 124 valence electrons. The van der Waals surface area contributed by atoms with Gasteiger partial charge in [-0.05, 0) is 30.0 Å². The molecule has 0 aliphatic heterocycles. The van der Waals surface area contributed by atoms with Gasteiger partial charge in [0.2, 0.25) is 5.91 Å². The molecule has 2 aromatic carbocycles. The number of carbonyl (C=O) groups is 1. The van der Waals surface area contributed by atoms with Crippen LogP contribution in [0.5, 0.6) is 0 Å². The van der Waals surface area contributed by atoms with E-state index in [1.807, 2.05) is 54.7 Å². The van der Waals surface area contributed by atoms with E-state index in [2.05, 4.69) is 16.4 Å². The van der Waals surface area contributed by atoms with E-state index < -0.39 is 6.10 Å². The zero-order valence-corrected chi connectivity index (χ0v) is 13.5. The van der Waals surface area contributed by atoms with E-state index in [0.29, 0.717) is 25.8 Å². The summed E-state index contributed by atoms with van der Waals surface area (Å²) in [5.74, 6) is 0.0144. The van der Waals surface area contributed by atoms with Gasteiger partial charge in [0.1, 0.15) is 0 Å². The van der Waals surface area contributed by atoms with E-state index in [1.165, 1.54) is 5.39 Å². The summed E-state index contributed by atoms with van der Waals surface area (Å²) in [4.78, 5) is 15.2. The van der Waals surface area contributed by atoms with Crippen molar-refractivity contribution < 1.29 is 9.90 Å². The lowest BCUT2D eigenvalue weighted by Crippen LogP contribution is -2.25. The Kier molecular flexibility index (Phi) is 5.29. The third-order valence-corrected chi connectivity index (χ3v) is 4.22. The van der Waals surface area contributed by atoms with Gasteiger partial charge >= 0.3 is 0 Å². The molecule has 4 nitrogen and oxygen atoms in total. The summed E-state index contributed by atoms with van der Waals surface area (Å²) in [5, 5.41) is 14.1. The van der Waals surface area contributed by atoms with Crippen molar-refractivity contribution in [3.63, 3.8) is 0 Å². The molecule has 1 heterocycles. The van der Waals surface area contributed by atoms with Crippen LogP contribution in [0.3, 0.4) is 0 Å². The molecule has 0 saturated heterocycles. The van der Waals surface area contributed by atoms with Crippen molar-refractivity contribution in [2.24, 2.45) is 0 Å². The predicted octanol–water partition coefficient (Wildman–Crippen LogP) is 3.34. The molecule has 0 radical (unpaired) electrons. The second kappa shape index (κ2) is 7.79. The smallest absolute Gasteiger partial charge is 0.220 e. The largest absolute Gasteiger partial charge is 0.388 e. The first-order valence-electron chi connectivity index (χ1n) is 8.29. The summed E-state index contributed by atoms with van der Waals surface area (Å²) >= 11 is 0. The number of hydrogen-bond donors (Lipinski definition) is 3. The molecule has 0 saturated carbocycles. The standard InChI is InChI=1S/C20H22N2O2/c23-19(15-6-2-1-3-7-15)12-13-21-20(24)11-10-16-14-22-18-9-5-4-8-17(16)18/h1-9,14,19,22-23H,10-13H2,(H,21,24). The first kappa shape index (κ1) is 16.3. The number of aryl methyl sites for hydroxylation is 1. The molecule has 0 aliphatic rings. The molecule has 0 fully saturated rings. The van der Waals surface area contributed by atoms with Gasteiger partial charge in [-0.2, -0.15) is 0 Å². The number of amides is 1. The van der Waals surface area contributed by atoms with Crippen molar-refractivity contribution in [3.8, 4) is 0 Å². The molecule has 24 heavy (non-hydrogen) atoms. The number of para-hydroxylation sites is 1. The first-order valence-corrected chi connectivity index (χ1v) is 8.29. The Balaban J connectivity index is 1.43. The van der Waals surface area contributed by atoms with Crippen molar-refractivity contribution in [1.29, 1.82) is 0 Å². The molecule has 1 amide bonds. The maximum atomic E-state index is 12.0. The molecule has 1 unspecified atom stereocenters. The average molecular weight is 322 g/mol. The maximum Gasteiger partial charge on any atom is 0.220 e. The minimum absolute atomic E-state index is 0.0144. The second-order valence-electron chi connectivity index (χ2n) is 5.92. The van der Waals surface area contributed by atoms with Crippen LogP contribution in [0.25, 0.3) is 10.9 Å². The minimum atomic E-state index is -0.542. The first-order chi connectivity index (χ1) is 11.7. The molecule has 1 aromatic heterocycles. The van der Waals surface area contributed by atoms with Gasteiger partial charge in [0, 0.05) is 30.1 Å². The van der Waals surface area contributed by atoms with E-state index in [9.17, 15) is 9.90 Å². The fourth-order valence-corrected chi connectivity index (χ4v) is 2.87. The summed E-state index contributed by atoms with van der Waals surface area (Å²) in [6.45, 7) is 0.475. The highest BCUT2D eigenvalue weighted by Crippen LogP contribution is 2.19. The molecule has 3 rings (SSSR count). The monoisotopic (exact) mass is 322 g/mol. The van der Waals surface area contributed by atoms with E-state index in [-0.39, 0.29) is 5.91 Å². The van der Waals surface area contributed by atoms with E-state index in [1.54, 1.807) is 0 Å². The Morgan fingerprint density at radius 1 is 1.08 bits per heavy atom. The number of hydrogen-bond acceptors (Lipinski definition) is 2. The summed E-state index contributed by atoms with van der Waals surface area (Å²) < 4.78 is 0. The quantitative estimate of drug-likeness (QED) is 0.624. The lowest BCUT2D eigenvalue weighted by Gasteiger charge is -2.11. The minimum Gasteiger partial charge on any atom is -0.388 e. The van der Waals surface area contributed by atoms with Crippen LogP contribution in [0.15, 0.2) is 60.8 Å². The second-order valence-corrected chi connectivity index (χ2v) is 5.92. The van der Waals surface area contributed by atoms with Gasteiger partial charge in [-0.1, -0.05) is 48.5 Å². The Morgan fingerprint density at radius 3 is 2.67 bits per heavy atom. The van der Waals surface area contributed by atoms with Crippen LogP contribution in [-0.4, -0.2) is 22.5 Å². The zero-order chi connectivity index (χ0) is 16.8. The molecular weight excluding hydrogens is 300 g/mol. The Bertz CT molecular complexity index is 796. The maximum absolute atomic E-state index is 12.0. The summed E-state index contributed by atoms with van der Waals surface area (Å²) in [6.07, 6.45) is 3.10. The molecule has 0 bridgehead atoms. The van der Waals surface area contributed by atoms with Crippen molar-refractivity contribution >= 4 is 16.8 Å². The number of nitrogens with one attached hydrogen (secondary N) is 2. The number of rotatable bonds is 7. The number of aliphatic hydroxyl groups is 1. The van der Waals surface area contributed by atoms with Gasteiger partial charge in [-0.3, -0.25) is 4.79 Å². The van der Waals surface area contributed by atoms with Gasteiger partial charge < -0.3 is 15.4 Å². The third kappa shape index (κ3) is 4.03. The Morgan fingerprint density at radius 2 is 1.83 bits per heavy atom. The van der Waals surface area contributed by atoms with E-state index in [4.69, 9.17) is 0 Å². The Labute approximate surface area is 141 Å². The number of fused-ring (bicyclic) bond motifs is 1. The average Bonchev–Trinajstić information content (AvgIpc) is 3.04.